The molecule has 0 bridgehead atoms. The zero-order valence-electron chi connectivity index (χ0n) is 10.6. The van der Waals surface area contributed by atoms with Crippen LogP contribution in [0.15, 0.2) is 52.4 Å². The molecule has 3 nitrogen and oxygen atoms in total. The van der Waals surface area contributed by atoms with Gasteiger partial charge < -0.3 is 5.43 Å². The third-order valence-electron chi connectivity index (χ3n) is 2.64. The summed E-state index contributed by atoms with van der Waals surface area (Å²) in [5, 5.41) is 0.933. The minimum Gasteiger partial charge on any atom is -0.308 e. The standard InChI is InChI=1S/C14H17N3S/c1-10(2)11-6-8-12(9-7-11)18-14-5-3-4-13(16-14)17-15/h3-10H,15H2,1-2H3,(H,16,17). The SMILES string of the molecule is CC(C)c1ccc(Sc2cccc(NN)n2)cc1. The van der Waals surface area contributed by atoms with Gasteiger partial charge in [0, 0.05) is 4.90 Å². The zero-order chi connectivity index (χ0) is 13.0. The van der Waals surface area contributed by atoms with Gasteiger partial charge in [-0.15, -0.1) is 0 Å². The van der Waals surface area contributed by atoms with E-state index in [2.05, 4.69) is 48.5 Å². The summed E-state index contributed by atoms with van der Waals surface area (Å²) in [6.45, 7) is 4.39. The van der Waals surface area contributed by atoms with Crippen molar-refractivity contribution in [2.45, 2.75) is 29.7 Å². The lowest BCUT2D eigenvalue weighted by Crippen LogP contribution is -2.08. The summed E-state index contributed by atoms with van der Waals surface area (Å²) < 4.78 is 0. The van der Waals surface area contributed by atoms with Crippen molar-refractivity contribution in [1.29, 1.82) is 0 Å². The first-order valence-corrected chi connectivity index (χ1v) is 6.72. The normalized spacial score (nSPS) is 10.7. The number of pyridine rings is 1. The summed E-state index contributed by atoms with van der Waals surface area (Å²) in [5.74, 6) is 6.58. The number of nitrogens with one attached hydrogen (secondary N) is 1. The Labute approximate surface area is 112 Å². The van der Waals surface area contributed by atoms with Crippen LogP contribution < -0.4 is 11.3 Å². The van der Waals surface area contributed by atoms with Crippen LogP contribution in [0.1, 0.15) is 25.3 Å². The van der Waals surface area contributed by atoms with Crippen LogP contribution in [0.3, 0.4) is 0 Å². The molecule has 0 aliphatic heterocycles. The number of nitrogens with zero attached hydrogens (tertiary/aromatic N) is 1. The summed E-state index contributed by atoms with van der Waals surface area (Å²) >= 11 is 1.63. The van der Waals surface area contributed by atoms with Crippen molar-refractivity contribution in [3.05, 3.63) is 48.0 Å². The summed E-state index contributed by atoms with van der Waals surface area (Å²) in [6, 6.07) is 14.3. The van der Waals surface area contributed by atoms with E-state index in [9.17, 15) is 0 Å². The van der Waals surface area contributed by atoms with E-state index in [1.807, 2.05) is 18.2 Å². The van der Waals surface area contributed by atoms with Gasteiger partial charge >= 0.3 is 0 Å². The molecule has 0 spiro atoms. The van der Waals surface area contributed by atoms with E-state index >= 15 is 0 Å². The van der Waals surface area contributed by atoms with Crippen LogP contribution in [-0.2, 0) is 0 Å². The molecule has 18 heavy (non-hydrogen) atoms. The molecule has 0 aliphatic rings. The molecule has 2 aromatic rings. The molecule has 0 amide bonds. The molecule has 0 radical (unpaired) electrons. The van der Waals surface area contributed by atoms with Gasteiger partial charge in [0.1, 0.15) is 10.8 Å². The Morgan fingerprint density at radius 1 is 1.11 bits per heavy atom. The number of hydrogen-bond acceptors (Lipinski definition) is 4. The van der Waals surface area contributed by atoms with Crippen molar-refractivity contribution in [3.63, 3.8) is 0 Å². The Balaban J connectivity index is 2.13. The van der Waals surface area contributed by atoms with E-state index in [4.69, 9.17) is 5.84 Å². The molecule has 4 heteroatoms. The van der Waals surface area contributed by atoms with Crippen molar-refractivity contribution in [1.82, 2.24) is 4.98 Å². The fourth-order valence-corrected chi connectivity index (χ4v) is 2.40. The van der Waals surface area contributed by atoms with Crippen molar-refractivity contribution in [2.24, 2.45) is 5.84 Å². The van der Waals surface area contributed by atoms with Gasteiger partial charge in [-0.3, -0.25) is 0 Å². The van der Waals surface area contributed by atoms with E-state index in [0.717, 1.165) is 5.03 Å². The molecule has 0 aliphatic carbocycles. The van der Waals surface area contributed by atoms with Gasteiger partial charge in [-0.2, -0.15) is 0 Å². The molecular weight excluding hydrogens is 242 g/mol. The maximum Gasteiger partial charge on any atom is 0.141 e. The minimum absolute atomic E-state index is 0.562. The molecule has 0 saturated heterocycles. The lowest BCUT2D eigenvalue weighted by atomic mass is 10.0. The number of nitrogens with two attached hydrogens (primary N) is 1. The Morgan fingerprint density at radius 3 is 2.44 bits per heavy atom. The second kappa shape index (κ2) is 5.89. The first-order valence-electron chi connectivity index (χ1n) is 5.90. The number of nitrogen functional groups attached to an aromatic ring is 1. The van der Waals surface area contributed by atoms with Crippen LogP contribution in [0.25, 0.3) is 0 Å². The van der Waals surface area contributed by atoms with Crippen LogP contribution in [0.2, 0.25) is 0 Å². The number of rotatable bonds is 4. The number of aromatic nitrogens is 1. The highest BCUT2D eigenvalue weighted by atomic mass is 32.2. The number of anilines is 1. The number of benzene rings is 1. The lowest BCUT2D eigenvalue weighted by molar-refractivity contribution is 0.865. The van der Waals surface area contributed by atoms with Gasteiger partial charge in [-0.05, 0) is 35.7 Å². The van der Waals surface area contributed by atoms with Gasteiger partial charge in [-0.1, -0.05) is 43.8 Å². The van der Waals surface area contributed by atoms with Gasteiger partial charge in [0.15, 0.2) is 0 Å². The maximum absolute atomic E-state index is 5.34. The lowest BCUT2D eigenvalue weighted by Gasteiger charge is -2.07. The topological polar surface area (TPSA) is 50.9 Å². The molecule has 94 valence electrons. The maximum atomic E-state index is 5.34. The number of hydrazine groups is 1. The zero-order valence-corrected chi connectivity index (χ0v) is 11.4. The first-order chi connectivity index (χ1) is 8.69. The molecule has 0 fully saturated rings. The van der Waals surface area contributed by atoms with Gasteiger partial charge in [-0.25, -0.2) is 10.8 Å². The van der Waals surface area contributed by atoms with Crippen molar-refractivity contribution in [3.8, 4) is 0 Å². The second-order valence-corrected chi connectivity index (χ2v) is 5.43. The average Bonchev–Trinajstić information content (AvgIpc) is 2.39. The van der Waals surface area contributed by atoms with E-state index in [-0.39, 0.29) is 0 Å². The molecule has 0 saturated carbocycles. The van der Waals surface area contributed by atoms with Gasteiger partial charge in [0.05, 0.1) is 0 Å². The third kappa shape index (κ3) is 3.24. The number of hydrogen-bond donors (Lipinski definition) is 2. The molecule has 3 N–H and O–H groups in total. The fraction of sp³-hybridized carbons (Fsp3) is 0.214. The molecule has 0 atom stereocenters. The van der Waals surface area contributed by atoms with Crippen LogP contribution >= 0.6 is 11.8 Å². The predicted octanol–water partition coefficient (Wildman–Crippen LogP) is 3.64. The summed E-state index contributed by atoms with van der Waals surface area (Å²) in [4.78, 5) is 5.55. The minimum atomic E-state index is 0.562. The quantitative estimate of drug-likeness (QED) is 0.650. The Bertz CT molecular complexity index is 509. The van der Waals surface area contributed by atoms with E-state index < -0.39 is 0 Å². The molecule has 0 unspecified atom stereocenters. The van der Waals surface area contributed by atoms with E-state index in [1.54, 1.807) is 11.8 Å². The van der Waals surface area contributed by atoms with Crippen molar-refractivity contribution < 1.29 is 0 Å². The highest BCUT2D eigenvalue weighted by Gasteiger charge is 2.02. The van der Waals surface area contributed by atoms with E-state index in [1.165, 1.54) is 10.5 Å². The van der Waals surface area contributed by atoms with Gasteiger partial charge in [0.2, 0.25) is 0 Å². The van der Waals surface area contributed by atoms with Crippen LogP contribution in [0, 0.1) is 0 Å². The Hall–Kier alpha value is -1.52. The Kier molecular flexibility index (Phi) is 4.23. The smallest absolute Gasteiger partial charge is 0.141 e. The van der Waals surface area contributed by atoms with Crippen LogP contribution in [0.5, 0.6) is 0 Å². The highest BCUT2D eigenvalue weighted by Crippen LogP contribution is 2.28. The van der Waals surface area contributed by atoms with Crippen molar-refractivity contribution in [2.75, 3.05) is 5.43 Å². The highest BCUT2D eigenvalue weighted by molar-refractivity contribution is 7.99. The third-order valence-corrected chi connectivity index (χ3v) is 3.58. The Morgan fingerprint density at radius 2 is 1.83 bits per heavy atom. The van der Waals surface area contributed by atoms with Gasteiger partial charge in [0.25, 0.3) is 0 Å². The second-order valence-electron chi connectivity index (χ2n) is 4.33. The summed E-state index contributed by atoms with van der Waals surface area (Å²) in [7, 11) is 0. The molecular formula is C14H17N3S. The monoisotopic (exact) mass is 259 g/mol. The van der Waals surface area contributed by atoms with Crippen LogP contribution in [0.4, 0.5) is 5.82 Å². The van der Waals surface area contributed by atoms with E-state index in [0.29, 0.717) is 11.7 Å². The predicted molar refractivity (Wildman–Crippen MR) is 76.7 cm³/mol. The largest absolute Gasteiger partial charge is 0.308 e. The molecule has 2 rings (SSSR count). The fourth-order valence-electron chi connectivity index (χ4n) is 1.59. The summed E-state index contributed by atoms with van der Waals surface area (Å²) in [6.07, 6.45) is 0. The van der Waals surface area contributed by atoms with Crippen molar-refractivity contribution >= 4 is 17.6 Å². The molecule has 1 heterocycles. The average molecular weight is 259 g/mol. The molecule has 1 aromatic carbocycles. The first kappa shape index (κ1) is 12.9. The molecule has 1 aromatic heterocycles. The van der Waals surface area contributed by atoms with Crippen LogP contribution in [-0.4, -0.2) is 4.98 Å². The summed E-state index contributed by atoms with van der Waals surface area (Å²) in [5.41, 5.74) is 3.90.